The molecule has 0 bridgehead atoms. The quantitative estimate of drug-likeness (QED) is 0.827. The lowest BCUT2D eigenvalue weighted by molar-refractivity contribution is -0.120. The van der Waals surface area contributed by atoms with Crippen LogP contribution in [-0.2, 0) is 17.8 Å². The lowest BCUT2D eigenvalue weighted by Gasteiger charge is -2.04. The molecular formula is C11H14N4OS. The van der Waals surface area contributed by atoms with Crippen LogP contribution in [0.3, 0.4) is 0 Å². The van der Waals surface area contributed by atoms with Gasteiger partial charge < -0.3 is 15.6 Å². The summed E-state index contributed by atoms with van der Waals surface area (Å²) < 4.78 is 2.01. The Balaban J connectivity index is 1.71. The highest BCUT2D eigenvalue weighted by Crippen LogP contribution is 2.11. The van der Waals surface area contributed by atoms with E-state index >= 15 is 0 Å². The number of anilines is 1. The summed E-state index contributed by atoms with van der Waals surface area (Å²) in [6.07, 6.45) is 4.22. The highest BCUT2D eigenvalue weighted by molar-refractivity contribution is 7.13. The average Bonchev–Trinajstić information content (AvgIpc) is 2.90. The number of rotatable bonds is 5. The molecule has 0 radical (unpaired) electrons. The predicted octanol–water partition coefficient (Wildman–Crippen LogP) is 0.886. The lowest BCUT2D eigenvalue weighted by atomic mass is 10.3. The van der Waals surface area contributed by atoms with Gasteiger partial charge in [-0.3, -0.25) is 4.79 Å². The first kappa shape index (κ1) is 11.7. The predicted molar refractivity (Wildman–Crippen MR) is 67.7 cm³/mol. The summed E-state index contributed by atoms with van der Waals surface area (Å²) in [4.78, 5) is 15.6. The number of hydrogen-bond acceptors (Lipinski definition) is 4. The molecular weight excluding hydrogens is 236 g/mol. The Bertz CT molecular complexity index is 477. The van der Waals surface area contributed by atoms with Crippen LogP contribution in [0.2, 0.25) is 0 Å². The van der Waals surface area contributed by atoms with Crippen molar-refractivity contribution in [1.29, 1.82) is 0 Å². The number of nitrogens with one attached hydrogen (secondary N) is 1. The van der Waals surface area contributed by atoms with Crippen molar-refractivity contribution in [3.8, 4) is 0 Å². The number of nitrogens with zero attached hydrogens (tertiary/aromatic N) is 2. The Morgan fingerprint density at radius 1 is 1.47 bits per heavy atom. The molecule has 90 valence electrons. The number of nitrogens with two attached hydrogens (primary N) is 1. The molecule has 2 aromatic heterocycles. The van der Waals surface area contributed by atoms with E-state index in [4.69, 9.17) is 5.73 Å². The summed E-state index contributed by atoms with van der Waals surface area (Å²) in [6, 6.07) is 3.92. The Kier molecular flexibility index (Phi) is 3.77. The molecule has 6 heteroatoms. The van der Waals surface area contributed by atoms with Crippen LogP contribution in [0, 0.1) is 0 Å². The molecule has 0 atom stereocenters. The van der Waals surface area contributed by atoms with Gasteiger partial charge in [-0.1, -0.05) is 0 Å². The van der Waals surface area contributed by atoms with E-state index in [9.17, 15) is 4.79 Å². The fourth-order valence-electron chi connectivity index (χ4n) is 1.47. The van der Waals surface area contributed by atoms with Crippen molar-refractivity contribution in [3.63, 3.8) is 0 Å². The van der Waals surface area contributed by atoms with Crippen LogP contribution in [0.15, 0.2) is 29.9 Å². The molecule has 2 rings (SSSR count). The van der Waals surface area contributed by atoms with E-state index in [1.807, 2.05) is 29.1 Å². The van der Waals surface area contributed by atoms with Crippen molar-refractivity contribution in [1.82, 2.24) is 14.9 Å². The average molecular weight is 250 g/mol. The van der Waals surface area contributed by atoms with Crippen LogP contribution < -0.4 is 11.1 Å². The Morgan fingerprint density at radius 2 is 2.24 bits per heavy atom. The normalized spacial score (nSPS) is 10.4. The number of nitrogen functional groups attached to an aromatic ring is 1. The number of carbonyl (C=O) groups is 1. The maximum atomic E-state index is 11.6. The van der Waals surface area contributed by atoms with E-state index in [-0.39, 0.29) is 5.91 Å². The van der Waals surface area contributed by atoms with E-state index in [1.165, 1.54) is 11.3 Å². The summed E-state index contributed by atoms with van der Waals surface area (Å²) in [5.74, 6) is -0.0255. The first-order valence-electron chi connectivity index (χ1n) is 5.31. The van der Waals surface area contributed by atoms with Crippen molar-refractivity contribution in [2.24, 2.45) is 0 Å². The highest BCUT2D eigenvalue weighted by Gasteiger charge is 2.05. The van der Waals surface area contributed by atoms with Gasteiger partial charge in [0.05, 0.1) is 12.1 Å². The van der Waals surface area contributed by atoms with Crippen LogP contribution in [-0.4, -0.2) is 22.0 Å². The van der Waals surface area contributed by atoms with Gasteiger partial charge in [0, 0.05) is 30.9 Å². The molecule has 1 amide bonds. The van der Waals surface area contributed by atoms with Crippen LogP contribution in [0.25, 0.3) is 0 Å². The molecule has 0 saturated carbocycles. The monoisotopic (exact) mass is 250 g/mol. The van der Waals surface area contributed by atoms with Crippen molar-refractivity contribution in [3.05, 3.63) is 35.6 Å². The van der Waals surface area contributed by atoms with Crippen LogP contribution >= 0.6 is 11.3 Å². The van der Waals surface area contributed by atoms with Gasteiger partial charge in [-0.2, -0.15) is 0 Å². The van der Waals surface area contributed by atoms with E-state index < -0.39 is 0 Å². The molecule has 2 heterocycles. The van der Waals surface area contributed by atoms with Crippen LogP contribution in [0.5, 0.6) is 0 Å². The minimum absolute atomic E-state index is 0.0255. The van der Waals surface area contributed by atoms with Crippen molar-refractivity contribution < 1.29 is 4.79 Å². The fraction of sp³-hybridized carbons (Fsp3) is 0.273. The highest BCUT2D eigenvalue weighted by atomic mass is 32.1. The fourth-order valence-corrected chi connectivity index (χ4v) is 2.04. The molecule has 0 aromatic carbocycles. The van der Waals surface area contributed by atoms with Gasteiger partial charge in [0.1, 0.15) is 0 Å². The van der Waals surface area contributed by atoms with Gasteiger partial charge in [-0.05, 0) is 12.1 Å². The maximum Gasteiger partial charge on any atom is 0.226 e. The smallest absolute Gasteiger partial charge is 0.226 e. The second-order valence-electron chi connectivity index (χ2n) is 3.62. The van der Waals surface area contributed by atoms with Gasteiger partial charge in [0.15, 0.2) is 5.13 Å². The molecule has 5 nitrogen and oxygen atoms in total. The number of hydrogen-bond donors (Lipinski definition) is 2. The first-order chi connectivity index (χ1) is 8.24. The van der Waals surface area contributed by atoms with E-state index in [1.54, 1.807) is 5.38 Å². The van der Waals surface area contributed by atoms with E-state index in [0.717, 1.165) is 12.2 Å². The Labute approximate surface area is 103 Å². The zero-order valence-electron chi connectivity index (χ0n) is 9.30. The minimum atomic E-state index is -0.0255. The third kappa shape index (κ3) is 3.60. The van der Waals surface area contributed by atoms with Gasteiger partial charge in [-0.25, -0.2) is 4.98 Å². The van der Waals surface area contributed by atoms with Crippen molar-refractivity contribution in [2.45, 2.75) is 13.0 Å². The third-order valence-electron chi connectivity index (χ3n) is 2.27. The summed E-state index contributed by atoms with van der Waals surface area (Å²) in [5.41, 5.74) is 6.22. The topological polar surface area (TPSA) is 72.9 Å². The first-order valence-corrected chi connectivity index (χ1v) is 6.19. The second-order valence-corrected chi connectivity index (χ2v) is 4.51. The molecule has 2 aromatic rings. The minimum Gasteiger partial charge on any atom is -0.375 e. The SMILES string of the molecule is Nc1nc(CC(=O)NCCn2cccc2)cs1. The van der Waals surface area contributed by atoms with Gasteiger partial charge in [-0.15, -0.1) is 11.3 Å². The molecule has 0 saturated heterocycles. The second kappa shape index (κ2) is 5.49. The third-order valence-corrected chi connectivity index (χ3v) is 2.99. The molecule has 17 heavy (non-hydrogen) atoms. The molecule has 0 fully saturated rings. The zero-order valence-corrected chi connectivity index (χ0v) is 10.1. The van der Waals surface area contributed by atoms with Crippen molar-refractivity contribution >= 4 is 22.4 Å². The van der Waals surface area contributed by atoms with E-state index in [0.29, 0.717) is 18.1 Å². The van der Waals surface area contributed by atoms with Crippen molar-refractivity contribution in [2.75, 3.05) is 12.3 Å². The van der Waals surface area contributed by atoms with E-state index in [2.05, 4.69) is 10.3 Å². The summed E-state index contributed by atoms with van der Waals surface area (Å²) >= 11 is 1.35. The standard InChI is InChI=1S/C11H14N4OS/c12-11-14-9(8-17-11)7-10(16)13-3-6-15-4-1-2-5-15/h1-2,4-5,8H,3,6-7H2,(H2,12,14)(H,13,16). The van der Waals surface area contributed by atoms with Crippen LogP contribution in [0.4, 0.5) is 5.13 Å². The molecule has 0 spiro atoms. The number of thiazole rings is 1. The van der Waals surface area contributed by atoms with Gasteiger partial charge >= 0.3 is 0 Å². The number of carbonyl (C=O) groups excluding carboxylic acids is 1. The summed E-state index contributed by atoms with van der Waals surface area (Å²) in [5, 5.41) is 5.15. The lowest BCUT2D eigenvalue weighted by Crippen LogP contribution is -2.28. The van der Waals surface area contributed by atoms with Crippen LogP contribution in [0.1, 0.15) is 5.69 Å². The van der Waals surface area contributed by atoms with Gasteiger partial charge in [0.25, 0.3) is 0 Å². The molecule has 0 aliphatic heterocycles. The number of amides is 1. The molecule has 3 N–H and O–H groups in total. The Morgan fingerprint density at radius 3 is 2.88 bits per heavy atom. The largest absolute Gasteiger partial charge is 0.375 e. The van der Waals surface area contributed by atoms with Gasteiger partial charge in [0.2, 0.25) is 5.91 Å². The molecule has 0 unspecified atom stereocenters. The molecule has 0 aliphatic carbocycles. The Hall–Kier alpha value is -1.82. The zero-order chi connectivity index (χ0) is 12.1. The number of aromatic nitrogens is 2. The summed E-state index contributed by atoms with van der Waals surface area (Å²) in [6.45, 7) is 1.39. The maximum absolute atomic E-state index is 11.6. The summed E-state index contributed by atoms with van der Waals surface area (Å²) in [7, 11) is 0. The molecule has 0 aliphatic rings.